The van der Waals surface area contributed by atoms with Gasteiger partial charge in [-0.3, -0.25) is 4.99 Å². The summed E-state index contributed by atoms with van der Waals surface area (Å²) < 4.78 is 5.58. The van der Waals surface area contributed by atoms with Crippen LogP contribution in [0.4, 0.5) is 0 Å². The van der Waals surface area contributed by atoms with Crippen molar-refractivity contribution >= 4 is 34.4 Å². The van der Waals surface area contributed by atoms with Gasteiger partial charge in [0, 0.05) is 41.9 Å². The van der Waals surface area contributed by atoms with Gasteiger partial charge >= 0.3 is 0 Å². The van der Waals surface area contributed by atoms with Crippen molar-refractivity contribution in [1.82, 2.24) is 15.2 Å². The Bertz CT molecular complexity index is 1310. The molecule has 34 heavy (non-hydrogen) atoms. The number of hydrogen-bond acceptors (Lipinski definition) is 5. The maximum Gasteiger partial charge on any atom is 0.195 e. The van der Waals surface area contributed by atoms with E-state index < -0.39 is 5.12 Å². The molecule has 0 spiro atoms. The van der Waals surface area contributed by atoms with Crippen LogP contribution in [0.3, 0.4) is 0 Å². The van der Waals surface area contributed by atoms with Gasteiger partial charge in [0.2, 0.25) is 0 Å². The third kappa shape index (κ3) is 3.60. The highest BCUT2D eigenvalue weighted by Crippen LogP contribution is 2.46. The summed E-state index contributed by atoms with van der Waals surface area (Å²) in [4.78, 5) is 11.5. The number of ether oxygens (including phenoxy) is 1. The molecule has 0 radical (unpaired) electrons. The van der Waals surface area contributed by atoms with E-state index >= 15 is 0 Å². The molecule has 0 saturated heterocycles. The molecule has 3 aliphatic rings. The number of benzene rings is 2. The van der Waals surface area contributed by atoms with Crippen LogP contribution >= 0.6 is 11.6 Å². The van der Waals surface area contributed by atoms with Crippen LogP contribution in [-0.4, -0.2) is 34.4 Å². The zero-order valence-corrected chi connectivity index (χ0v) is 19.9. The molecule has 3 aromatic rings. The van der Waals surface area contributed by atoms with Gasteiger partial charge in [-0.25, -0.2) is 4.98 Å². The molecule has 1 unspecified atom stereocenters. The molecule has 3 heterocycles. The number of allylic oxidation sites excluding steroid dienone is 1. The normalized spacial score (nSPS) is 26.1. The monoisotopic (exact) mass is 470 g/mol. The molecule has 1 aliphatic carbocycles. The topological polar surface area (TPSA) is 49.8 Å². The molecule has 1 fully saturated rings. The van der Waals surface area contributed by atoms with Gasteiger partial charge in [0.1, 0.15) is 0 Å². The summed E-state index contributed by atoms with van der Waals surface area (Å²) in [7, 11) is 1.80. The Morgan fingerprint density at radius 2 is 1.79 bits per heavy atom. The molecular formula is C28H27ClN4O. The molecule has 2 aliphatic heterocycles. The summed E-state index contributed by atoms with van der Waals surface area (Å²) in [5, 5.41) is 4.08. The molecule has 1 aromatic heterocycles. The lowest BCUT2D eigenvalue weighted by molar-refractivity contribution is 0.0359. The Morgan fingerprint density at radius 3 is 2.59 bits per heavy atom. The van der Waals surface area contributed by atoms with E-state index in [0.29, 0.717) is 6.10 Å². The Labute approximate surface area is 204 Å². The Hall–Kier alpha value is -3.15. The zero-order chi connectivity index (χ0) is 23.1. The lowest BCUT2D eigenvalue weighted by Crippen LogP contribution is -2.53. The summed E-state index contributed by atoms with van der Waals surface area (Å²) in [5.74, 6) is 0.285. The summed E-state index contributed by atoms with van der Waals surface area (Å²) in [6, 6.07) is 20.9. The smallest absolute Gasteiger partial charge is 0.195 e. The number of nitrogens with one attached hydrogen (secondary N) is 1. The SMILES string of the molecule is COC1CCC(C2(Cl)NC(c3ccc4ccc(-c5ccccc5)nc4c3)=C3C=NC=CN32)CC1. The minimum atomic E-state index is -0.722. The number of alkyl halides is 1. The summed E-state index contributed by atoms with van der Waals surface area (Å²) in [6.07, 6.45) is 10.1. The number of pyridine rings is 1. The highest BCUT2D eigenvalue weighted by atomic mass is 35.5. The van der Waals surface area contributed by atoms with E-state index in [9.17, 15) is 0 Å². The van der Waals surface area contributed by atoms with E-state index in [0.717, 1.165) is 64.8 Å². The van der Waals surface area contributed by atoms with Crippen LogP contribution in [0.15, 0.2) is 83.8 Å². The average molecular weight is 471 g/mol. The third-order valence-corrected chi connectivity index (χ3v) is 7.85. The Morgan fingerprint density at radius 1 is 1.00 bits per heavy atom. The third-order valence-electron chi connectivity index (χ3n) is 7.26. The van der Waals surface area contributed by atoms with E-state index in [1.165, 1.54) is 0 Å². The summed E-state index contributed by atoms with van der Waals surface area (Å²) in [5.41, 5.74) is 6.07. The average Bonchev–Trinajstić information content (AvgIpc) is 3.22. The minimum absolute atomic E-state index is 0.285. The van der Waals surface area contributed by atoms with Crippen LogP contribution in [0.5, 0.6) is 0 Å². The van der Waals surface area contributed by atoms with Crippen molar-refractivity contribution < 1.29 is 4.74 Å². The predicted molar refractivity (Wildman–Crippen MR) is 138 cm³/mol. The second-order valence-corrected chi connectivity index (χ2v) is 9.76. The van der Waals surface area contributed by atoms with Gasteiger partial charge in [-0.1, -0.05) is 60.1 Å². The minimum Gasteiger partial charge on any atom is -0.381 e. The fraction of sp³-hybridized carbons (Fsp3) is 0.286. The molecule has 6 heteroatoms. The van der Waals surface area contributed by atoms with E-state index in [1.54, 1.807) is 13.3 Å². The largest absolute Gasteiger partial charge is 0.381 e. The first-order valence-electron chi connectivity index (χ1n) is 11.9. The van der Waals surface area contributed by atoms with Gasteiger partial charge in [-0.05, 0) is 37.8 Å². The number of fused-ring (bicyclic) bond motifs is 2. The lowest BCUT2D eigenvalue weighted by atomic mass is 9.84. The molecule has 0 amide bonds. The van der Waals surface area contributed by atoms with E-state index in [2.05, 4.69) is 57.7 Å². The number of rotatable bonds is 4. The van der Waals surface area contributed by atoms with Crippen molar-refractivity contribution in [2.45, 2.75) is 36.9 Å². The number of aliphatic imine (C=N–C) groups is 1. The van der Waals surface area contributed by atoms with Crippen molar-refractivity contribution in [2.24, 2.45) is 10.9 Å². The second-order valence-electron chi connectivity index (χ2n) is 9.18. The van der Waals surface area contributed by atoms with E-state index in [4.69, 9.17) is 21.3 Å². The van der Waals surface area contributed by atoms with Crippen molar-refractivity contribution in [1.29, 1.82) is 0 Å². The molecule has 6 rings (SSSR count). The van der Waals surface area contributed by atoms with Crippen molar-refractivity contribution in [3.8, 4) is 11.3 Å². The summed E-state index contributed by atoms with van der Waals surface area (Å²) in [6.45, 7) is 0. The molecule has 1 atom stereocenters. The first-order valence-corrected chi connectivity index (χ1v) is 12.2. The Balaban J connectivity index is 1.37. The molecule has 1 saturated carbocycles. The Kier molecular flexibility index (Phi) is 5.39. The van der Waals surface area contributed by atoms with Crippen molar-refractivity contribution in [3.05, 3.63) is 84.3 Å². The molecular weight excluding hydrogens is 444 g/mol. The van der Waals surface area contributed by atoms with Gasteiger partial charge in [-0.15, -0.1) is 0 Å². The van der Waals surface area contributed by atoms with Crippen LogP contribution in [0.2, 0.25) is 0 Å². The van der Waals surface area contributed by atoms with Gasteiger partial charge in [-0.2, -0.15) is 0 Å². The number of hydrogen-bond donors (Lipinski definition) is 1. The maximum atomic E-state index is 7.39. The number of aromatic nitrogens is 1. The van der Waals surface area contributed by atoms with Crippen LogP contribution < -0.4 is 5.32 Å². The van der Waals surface area contributed by atoms with Crippen LogP contribution in [-0.2, 0) is 4.74 Å². The fourth-order valence-electron chi connectivity index (χ4n) is 5.37. The molecule has 172 valence electrons. The predicted octanol–water partition coefficient (Wildman–Crippen LogP) is 6.13. The second kappa shape index (κ2) is 8.57. The van der Waals surface area contributed by atoms with Crippen molar-refractivity contribution in [3.63, 3.8) is 0 Å². The van der Waals surface area contributed by atoms with Crippen LogP contribution in [0, 0.1) is 5.92 Å². The fourth-order valence-corrected chi connectivity index (χ4v) is 5.83. The highest BCUT2D eigenvalue weighted by Gasteiger charge is 2.49. The van der Waals surface area contributed by atoms with E-state index in [1.807, 2.05) is 30.6 Å². The summed E-state index contributed by atoms with van der Waals surface area (Å²) >= 11 is 7.39. The number of methoxy groups -OCH3 is 1. The number of nitrogens with zero attached hydrogens (tertiary/aromatic N) is 3. The van der Waals surface area contributed by atoms with Gasteiger partial charge in [0.25, 0.3) is 0 Å². The standard InChI is InChI=1S/C28H27ClN4O/c1-34-23-12-10-22(11-13-23)28(29)32-27(26-18-30-15-16-33(26)28)21-8-7-20-9-14-24(31-25(20)17-21)19-5-3-2-4-6-19/h2-9,14-18,22-23,32H,10-13H2,1H3. The molecule has 0 bridgehead atoms. The van der Waals surface area contributed by atoms with Crippen LogP contribution in [0.1, 0.15) is 31.2 Å². The zero-order valence-electron chi connectivity index (χ0n) is 19.1. The first-order chi connectivity index (χ1) is 16.7. The van der Waals surface area contributed by atoms with Gasteiger partial charge < -0.3 is 15.0 Å². The van der Waals surface area contributed by atoms with Crippen molar-refractivity contribution in [2.75, 3.05) is 7.11 Å². The van der Waals surface area contributed by atoms with Crippen LogP contribution in [0.25, 0.3) is 27.9 Å². The highest BCUT2D eigenvalue weighted by molar-refractivity contribution is 6.25. The molecule has 5 nitrogen and oxygen atoms in total. The molecule has 2 aromatic carbocycles. The lowest BCUT2D eigenvalue weighted by Gasteiger charge is -2.42. The maximum absolute atomic E-state index is 7.39. The first kappa shape index (κ1) is 21.4. The van der Waals surface area contributed by atoms with Gasteiger partial charge in [0.15, 0.2) is 5.12 Å². The molecule has 1 N–H and O–H groups in total. The number of halogens is 1. The quantitative estimate of drug-likeness (QED) is 0.368. The van der Waals surface area contributed by atoms with E-state index in [-0.39, 0.29) is 5.92 Å². The van der Waals surface area contributed by atoms with Gasteiger partial charge in [0.05, 0.1) is 34.9 Å².